The van der Waals surface area contributed by atoms with E-state index in [4.69, 9.17) is 0 Å². The standard InChI is InChI=1S/C56H47N/c1-7-8-17-47-45-21-12-16-25-51(45)56(49-23-14-10-19-43(49)44-20-11-15-24-50(44)56)53(47)57(40-32-28-38(29-33-40)37-26-30-39(31-27-37)54(2,3)4)41-34-35-46-42-18-9-13-22-48(42)55(5,6)52(46)36-41/h7-36H,1H2,2-6H3/b17-8-. The van der Waals surface area contributed by atoms with Crippen molar-refractivity contribution in [3.63, 3.8) is 0 Å². The molecule has 1 heteroatoms. The van der Waals surface area contributed by atoms with Gasteiger partial charge in [0.2, 0.25) is 0 Å². The summed E-state index contributed by atoms with van der Waals surface area (Å²) in [6.07, 6.45) is 6.28. The minimum Gasteiger partial charge on any atom is -0.312 e. The molecule has 0 saturated heterocycles. The van der Waals surface area contributed by atoms with Gasteiger partial charge in [0.15, 0.2) is 0 Å². The zero-order valence-corrected chi connectivity index (χ0v) is 33.5. The summed E-state index contributed by atoms with van der Waals surface area (Å²) in [4.78, 5) is 2.58. The second kappa shape index (κ2) is 12.8. The Labute approximate surface area is 338 Å². The maximum absolute atomic E-state index is 4.13. The molecule has 0 aliphatic heterocycles. The monoisotopic (exact) mass is 733 g/mol. The second-order valence-corrected chi connectivity index (χ2v) is 17.4. The summed E-state index contributed by atoms with van der Waals surface area (Å²) in [7, 11) is 0. The van der Waals surface area contributed by atoms with E-state index >= 15 is 0 Å². The fourth-order valence-electron chi connectivity index (χ4n) is 10.1. The number of fused-ring (bicyclic) bond motifs is 10. The minimum absolute atomic E-state index is 0.104. The van der Waals surface area contributed by atoms with E-state index < -0.39 is 5.41 Å². The van der Waals surface area contributed by atoms with Crippen LogP contribution in [0.25, 0.3) is 39.0 Å². The van der Waals surface area contributed by atoms with Crippen LogP contribution in [0.4, 0.5) is 11.4 Å². The smallest absolute Gasteiger partial charge is 0.0881 e. The number of hydrogen-bond donors (Lipinski definition) is 0. The average molecular weight is 734 g/mol. The van der Waals surface area contributed by atoms with Crippen molar-refractivity contribution in [1.29, 1.82) is 0 Å². The van der Waals surface area contributed by atoms with Gasteiger partial charge in [0.1, 0.15) is 0 Å². The lowest BCUT2D eigenvalue weighted by Crippen LogP contribution is -2.36. The topological polar surface area (TPSA) is 3.24 Å². The van der Waals surface area contributed by atoms with Crippen molar-refractivity contribution in [1.82, 2.24) is 0 Å². The van der Waals surface area contributed by atoms with E-state index in [0.29, 0.717) is 0 Å². The molecule has 1 spiro atoms. The van der Waals surface area contributed by atoms with Crippen LogP contribution in [0.5, 0.6) is 0 Å². The van der Waals surface area contributed by atoms with E-state index in [-0.39, 0.29) is 10.8 Å². The molecule has 7 aromatic carbocycles. The number of rotatable bonds is 6. The number of benzene rings is 7. The summed E-state index contributed by atoms with van der Waals surface area (Å²) < 4.78 is 0. The predicted molar refractivity (Wildman–Crippen MR) is 241 cm³/mol. The lowest BCUT2D eigenvalue weighted by atomic mass is 9.71. The van der Waals surface area contributed by atoms with Crippen molar-refractivity contribution in [2.75, 3.05) is 4.90 Å². The first-order chi connectivity index (χ1) is 27.6. The summed E-state index contributed by atoms with van der Waals surface area (Å²) in [5.41, 5.74) is 20.9. The van der Waals surface area contributed by atoms with Crippen molar-refractivity contribution >= 4 is 16.9 Å². The van der Waals surface area contributed by atoms with Crippen molar-refractivity contribution in [2.24, 2.45) is 0 Å². The molecule has 1 nitrogen and oxygen atoms in total. The molecule has 0 N–H and O–H groups in total. The third-order valence-electron chi connectivity index (χ3n) is 12.8. The van der Waals surface area contributed by atoms with Gasteiger partial charge < -0.3 is 4.90 Å². The Morgan fingerprint density at radius 2 is 0.947 bits per heavy atom. The van der Waals surface area contributed by atoms with E-state index in [2.05, 4.69) is 222 Å². The molecule has 0 heterocycles. The first-order valence-corrected chi connectivity index (χ1v) is 20.2. The van der Waals surface area contributed by atoms with Crippen molar-refractivity contribution in [3.8, 4) is 33.4 Å². The van der Waals surface area contributed by atoms with E-state index in [0.717, 1.165) is 11.4 Å². The number of anilines is 2. The highest BCUT2D eigenvalue weighted by Gasteiger charge is 2.55. The Morgan fingerprint density at radius 3 is 1.51 bits per heavy atom. The fourth-order valence-corrected chi connectivity index (χ4v) is 10.1. The van der Waals surface area contributed by atoms with Gasteiger partial charge in [0.25, 0.3) is 0 Å². The quantitative estimate of drug-likeness (QED) is 0.154. The van der Waals surface area contributed by atoms with Crippen LogP contribution in [0, 0.1) is 0 Å². The molecular formula is C56H47N. The van der Waals surface area contributed by atoms with Gasteiger partial charge in [0.05, 0.1) is 11.1 Å². The highest BCUT2D eigenvalue weighted by molar-refractivity contribution is 6.00. The third kappa shape index (κ3) is 5.08. The molecule has 3 aliphatic carbocycles. The van der Waals surface area contributed by atoms with Gasteiger partial charge in [-0.25, -0.2) is 0 Å². The summed E-state index contributed by atoms with van der Waals surface area (Å²) in [5.74, 6) is 0. The zero-order valence-electron chi connectivity index (χ0n) is 33.5. The maximum atomic E-state index is 4.13. The molecular weight excluding hydrogens is 687 g/mol. The van der Waals surface area contributed by atoms with Crippen LogP contribution in [0.2, 0.25) is 0 Å². The summed E-state index contributed by atoms with van der Waals surface area (Å²) in [6.45, 7) is 15.7. The van der Waals surface area contributed by atoms with Crippen LogP contribution in [0.3, 0.4) is 0 Å². The van der Waals surface area contributed by atoms with Gasteiger partial charge in [-0.15, -0.1) is 0 Å². The molecule has 276 valence electrons. The van der Waals surface area contributed by atoms with E-state index in [9.17, 15) is 0 Å². The number of nitrogens with zero attached hydrogens (tertiary/aromatic N) is 1. The maximum Gasteiger partial charge on any atom is 0.0881 e. The van der Waals surface area contributed by atoms with Gasteiger partial charge in [0, 0.05) is 22.4 Å². The average Bonchev–Trinajstić information content (AvgIpc) is 3.78. The van der Waals surface area contributed by atoms with Gasteiger partial charge in [-0.3, -0.25) is 0 Å². The molecule has 0 unspecified atom stereocenters. The van der Waals surface area contributed by atoms with Gasteiger partial charge in [-0.05, 0) is 102 Å². The molecule has 57 heavy (non-hydrogen) atoms. The van der Waals surface area contributed by atoms with Crippen molar-refractivity contribution in [2.45, 2.75) is 50.9 Å². The largest absolute Gasteiger partial charge is 0.312 e. The molecule has 0 fully saturated rings. The molecule has 0 bridgehead atoms. The molecule has 0 atom stereocenters. The van der Waals surface area contributed by atoms with E-state index in [1.54, 1.807) is 0 Å². The summed E-state index contributed by atoms with van der Waals surface area (Å²) in [6, 6.07) is 61.6. The molecule has 0 radical (unpaired) electrons. The first kappa shape index (κ1) is 35.0. The van der Waals surface area contributed by atoms with Crippen molar-refractivity contribution in [3.05, 3.63) is 233 Å². The Balaban J connectivity index is 1.27. The van der Waals surface area contributed by atoms with Crippen LogP contribution in [-0.2, 0) is 16.2 Å². The van der Waals surface area contributed by atoms with Crippen molar-refractivity contribution < 1.29 is 0 Å². The van der Waals surface area contributed by atoms with Gasteiger partial charge >= 0.3 is 0 Å². The van der Waals surface area contributed by atoms with Crippen LogP contribution >= 0.6 is 0 Å². The second-order valence-electron chi connectivity index (χ2n) is 17.4. The predicted octanol–water partition coefficient (Wildman–Crippen LogP) is 14.6. The third-order valence-corrected chi connectivity index (χ3v) is 12.8. The molecule has 0 aromatic heterocycles. The van der Waals surface area contributed by atoms with Crippen LogP contribution in [0.15, 0.2) is 194 Å². The van der Waals surface area contributed by atoms with Crippen LogP contribution in [0.1, 0.15) is 73.6 Å². The summed E-state index contributed by atoms with van der Waals surface area (Å²) >= 11 is 0. The fraction of sp³-hybridized carbons (Fsp3) is 0.143. The number of allylic oxidation sites excluding steroid dienone is 5. The Hall–Kier alpha value is -6.44. The normalized spacial score (nSPS) is 15.3. The number of hydrogen-bond acceptors (Lipinski definition) is 1. The Bertz CT molecular complexity index is 2750. The first-order valence-electron chi connectivity index (χ1n) is 20.2. The molecule has 7 aromatic rings. The lowest BCUT2D eigenvalue weighted by Gasteiger charge is -2.40. The highest BCUT2D eigenvalue weighted by atomic mass is 15.2. The Kier molecular flexibility index (Phi) is 7.86. The van der Waals surface area contributed by atoms with Gasteiger partial charge in [-0.2, -0.15) is 0 Å². The van der Waals surface area contributed by atoms with Crippen LogP contribution < -0.4 is 4.90 Å². The lowest BCUT2D eigenvalue weighted by molar-refractivity contribution is 0.590. The van der Waals surface area contributed by atoms with E-state index in [1.807, 2.05) is 6.08 Å². The summed E-state index contributed by atoms with van der Waals surface area (Å²) in [5, 5.41) is 0. The minimum atomic E-state index is -0.580. The zero-order chi connectivity index (χ0) is 39.1. The molecule has 10 rings (SSSR count). The van der Waals surface area contributed by atoms with E-state index in [1.165, 1.54) is 83.6 Å². The Morgan fingerprint density at radius 1 is 0.491 bits per heavy atom. The molecule has 0 amide bonds. The SMILES string of the molecule is C=C/C=C\C1=C(N(c2ccc(-c3ccc(C(C)(C)C)cc3)cc2)c2ccc3c(c2)C(C)(C)c2ccccc2-3)C2(c3ccccc31)c1ccccc1-c1ccccc12. The molecule has 3 aliphatic rings. The highest BCUT2D eigenvalue weighted by Crippen LogP contribution is 2.64. The van der Waals surface area contributed by atoms with Gasteiger partial charge in [-0.1, -0.05) is 199 Å². The van der Waals surface area contributed by atoms with Crippen LogP contribution in [-0.4, -0.2) is 0 Å². The molecule has 0 saturated carbocycles.